The van der Waals surface area contributed by atoms with Crippen LogP contribution in [0.25, 0.3) is 0 Å². The van der Waals surface area contributed by atoms with Crippen LogP contribution in [0.1, 0.15) is 10.4 Å². The number of pyridine rings is 1. The van der Waals surface area contributed by atoms with Crippen LogP contribution in [0.5, 0.6) is 5.88 Å². The smallest absolute Gasteiger partial charge is 0.422 e. The Bertz CT molecular complexity index is 460. The van der Waals surface area contributed by atoms with Crippen molar-refractivity contribution in [2.45, 2.75) is 12.5 Å². The number of ether oxygens (including phenoxy) is 1. The Kier molecular flexibility index (Phi) is 4.34. The van der Waals surface area contributed by atoms with Crippen LogP contribution in [0.2, 0.25) is 0 Å². The number of amides is 1. The zero-order chi connectivity index (χ0) is 14.6. The van der Waals surface area contributed by atoms with Crippen molar-refractivity contribution in [3.63, 3.8) is 0 Å². The average Bonchev–Trinajstić information content (AvgIpc) is 2.89. The van der Waals surface area contributed by atoms with Gasteiger partial charge in [-0.15, -0.1) is 0 Å². The monoisotopic (exact) mass is 292 g/mol. The van der Waals surface area contributed by atoms with Crippen molar-refractivity contribution in [1.82, 2.24) is 32.2 Å². The van der Waals surface area contributed by atoms with Gasteiger partial charge in [-0.1, -0.05) is 0 Å². The maximum atomic E-state index is 11.9. The Morgan fingerprint density at radius 3 is 2.60 bits per heavy atom. The molecular weight excluding hydrogens is 281 g/mol. The van der Waals surface area contributed by atoms with E-state index in [2.05, 4.69) is 37.0 Å². The summed E-state index contributed by atoms with van der Waals surface area (Å²) >= 11 is 0. The van der Waals surface area contributed by atoms with Crippen molar-refractivity contribution in [2.75, 3.05) is 6.61 Å². The van der Waals surface area contributed by atoms with E-state index in [1.807, 2.05) is 0 Å². The summed E-state index contributed by atoms with van der Waals surface area (Å²) in [4.78, 5) is 15.3. The normalized spacial score (nSPS) is 16.1. The average molecular weight is 292 g/mol. The van der Waals surface area contributed by atoms with Crippen molar-refractivity contribution >= 4 is 5.91 Å². The van der Waals surface area contributed by atoms with E-state index in [1.165, 1.54) is 12.1 Å². The number of carbonyl (C=O) groups is 1. The molecule has 0 aromatic carbocycles. The van der Waals surface area contributed by atoms with Gasteiger partial charge in [-0.05, 0) is 6.07 Å². The van der Waals surface area contributed by atoms with Gasteiger partial charge in [0.05, 0.1) is 5.56 Å². The molecule has 2 rings (SSSR count). The molecule has 0 aliphatic carbocycles. The third-order valence-corrected chi connectivity index (χ3v) is 2.15. The highest BCUT2D eigenvalue weighted by Gasteiger charge is 2.28. The molecule has 1 saturated heterocycles. The minimum Gasteiger partial charge on any atom is -0.468 e. The Morgan fingerprint density at radius 1 is 1.35 bits per heavy atom. The first-order valence-corrected chi connectivity index (χ1v) is 5.41. The van der Waals surface area contributed by atoms with E-state index < -0.39 is 25.0 Å². The summed E-state index contributed by atoms with van der Waals surface area (Å²) in [6.45, 7) is -1.43. The van der Waals surface area contributed by atoms with E-state index in [4.69, 9.17) is 0 Å². The maximum Gasteiger partial charge on any atom is 0.422 e. The van der Waals surface area contributed by atoms with Crippen LogP contribution in [0.15, 0.2) is 18.3 Å². The van der Waals surface area contributed by atoms with Crippen LogP contribution in [0.4, 0.5) is 13.2 Å². The molecule has 1 fully saturated rings. The first-order chi connectivity index (χ1) is 9.44. The molecule has 1 aromatic heterocycles. The molecule has 1 amide bonds. The molecule has 1 aromatic rings. The van der Waals surface area contributed by atoms with Crippen LogP contribution < -0.4 is 32.0 Å². The van der Waals surface area contributed by atoms with Gasteiger partial charge in [0, 0.05) is 12.3 Å². The standard InChI is InChI=1S/C9H11F3N6O2/c10-9(11,12)4-20-6-2-1-5(3-13-6)7(19)14-8-15-17-18-16-8/h1-3,8,15-18H,4H2,(H,14,19). The zero-order valence-corrected chi connectivity index (χ0v) is 9.91. The van der Waals surface area contributed by atoms with Crippen LogP contribution in [-0.4, -0.2) is 30.0 Å². The molecule has 20 heavy (non-hydrogen) atoms. The van der Waals surface area contributed by atoms with E-state index in [9.17, 15) is 18.0 Å². The predicted octanol–water partition coefficient (Wildman–Crippen LogP) is -0.847. The van der Waals surface area contributed by atoms with Gasteiger partial charge in [0.25, 0.3) is 5.91 Å². The SMILES string of the molecule is O=C(NC1NNNN1)c1ccc(OCC(F)(F)F)nc1. The molecule has 0 atom stereocenters. The zero-order valence-electron chi connectivity index (χ0n) is 9.91. The number of hydrogen-bond donors (Lipinski definition) is 5. The summed E-state index contributed by atoms with van der Waals surface area (Å²) in [6.07, 6.45) is -3.85. The van der Waals surface area contributed by atoms with E-state index in [-0.39, 0.29) is 11.4 Å². The lowest BCUT2D eigenvalue weighted by Crippen LogP contribution is -2.49. The van der Waals surface area contributed by atoms with Gasteiger partial charge in [-0.3, -0.25) is 4.79 Å². The van der Waals surface area contributed by atoms with Crippen molar-refractivity contribution in [3.8, 4) is 5.88 Å². The van der Waals surface area contributed by atoms with E-state index >= 15 is 0 Å². The molecule has 0 saturated carbocycles. The Morgan fingerprint density at radius 2 is 2.05 bits per heavy atom. The molecular formula is C9H11F3N6O2. The minimum absolute atomic E-state index is 0.180. The second-order valence-corrected chi connectivity index (χ2v) is 3.73. The van der Waals surface area contributed by atoms with Gasteiger partial charge in [0.15, 0.2) is 12.9 Å². The summed E-state index contributed by atoms with van der Waals surface area (Å²) in [7, 11) is 0. The molecule has 8 nitrogen and oxygen atoms in total. The number of carbonyl (C=O) groups excluding carboxylic acids is 1. The lowest BCUT2D eigenvalue weighted by atomic mass is 10.2. The Labute approximate surface area is 111 Å². The summed E-state index contributed by atoms with van der Waals surface area (Å²) < 4.78 is 40.2. The van der Waals surface area contributed by atoms with Gasteiger partial charge in [0.1, 0.15) is 0 Å². The van der Waals surface area contributed by atoms with Crippen molar-refractivity contribution in [3.05, 3.63) is 23.9 Å². The topological polar surface area (TPSA) is 99.3 Å². The van der Waals surface area contributed by atoms with Crippen LogP contribution in [0.3, 0.4) is 0 Å². The number of nitrogens with zero attached hydrogens (tertiary/aromatic N) is 1. The van der Waals surface area contributed by atoms with Gasteiger partial charge >= 0.3 is 6.18 Å². The molecule has 0 bridgehead atoms. The lowest BCUT2D eigenvalue weighted by Gasteiger charge is -2.11. The number of aromatic nitrogens is 1. The fourth-order valence-corrected chi connectivity index (χ4v) is 1.29. The van der Waals surface area contributed by atoms with Gasteiger partial charge in [-0.25, -0.2) is 15.8 Å². The molecule has 0 radical (unpaired) electrons. The quantitative estimate of drug-likeness (QED) is 0.493. The molecule has 1 aliphatic rings. The first kappa shape index (κ1) is 14.5. The highest BCUT2D eigenvalue weighted by atomic mass is 19.4. The molecule has 11 heteroatoms. The van der Waals surface area contributed by atoms with E-state index in [0.717, 1.165) is 6.20 Å². The number of alkyl halides is 3. The number of nitrogens with one attached hydrogen (secondary N) is 5. The largest absolute Gasteiger partial charge is 0.468 e. The Hall–Kier alpha value is -1.95. The fraction of sp³-hybridized carbons (Fsp3) is 0.333. The molecule has 0 spiro atoms. The molecule has 2 heterocycles. The highest BCUT2D eigenvalue weighted by Crippen LogP contribution is 2.16. The summed E-state index contributed by atoms with van der Waals surface area (Å²) in [5, 5.41) is 2.52. The van der Waals surface area contributed by atoms with Gasteiger partial charge < -0.3 is 10.1 Å². The maximum absolute atomic E-state index is 11.9. The number of rotatable bonds is 4. The van der Waals surface area contributed by atoms with E-state index in [1.54, 1.807) is 0 Å². The predicted molar refractivity (Wildman–Crippen MR) is 59.6 cm³/mol. The summed E-state index contributed by atoms with van der Waals surface area (Å²) in [6, 6.07) is 2.50. The number of hydrazine groups is 3. The molecule has 0 unspecified atom stereocenters. The number of halogens is 3. The molecule has 1 aliphatic heterocycles. The third-order valence-electron chi connectivity index (χ3n) is 2.15. The van der Waals surface area contributed by atoms with Crippen LogP contribution >= 0.6 is 0 Å². The Balaban J connectivity index is 1.88. The van der Waals surface area contributed by atoms with Gasteiger partial charge in [-0.2, -0.15) is 24.2 Å². The van der Waals surface area contributed by atoms with Gasteiger partial charge in [0.2, 0.25) is 5.88 Å². The van der Waals surface area contributed by atoms with E-state index in [0.29, 0.717) is 0 Å². The molecule has 110 valence electrons. The second kappa shape index (κ2) is 6.00. The first-order valence-electron chi connectivity index (χ1n) is 5.41. The van der Waals surface area contributed by atoms with Crippen LogP contribution in [-0.2, 0) is 0 Å². The van der Waals surface area contributed by atoms with Crippen molar-refractivity contribution in [2.24, 2.45) is 0 Å². The lowest BCUT2D eigenvalue weighted by molar-refractivity contribution is -0.154. The summed E-state index contributed by atoms with van der Waals surface area (Å²) in [5.74, 6) is -0.672. The second-order valence-electron chi connectivity index (χ2n) is 3.73. The number of hydrogen-bond acceptors (Lipinski definition) is 7. The summed E-state index contributed by atoms with van der Waals surface area (Å²) in [5.41, 5.74) is 10.4. The third kappa shape index (κ3) is 4.31. The highest BCUT2D eigenvalue weighted by molar-refractivity contribution is 5.94. The minimum atomic E-state index is -4.43. The fourth-order valence-electron chi connectivity index (χ4n) is 1.29. The van der Waals surface area contributed by atoms with Crippen molar-refractivity contribution in [1.29, 1.82) is 0 Å². The van der Waals surface area contributed by atoms with Crippen LogP contribution in [0, 0.1) is 0 Å². The van der Waals surface area contributed by atoms with Crippen molar-refractivity contribution < 1.29 is 22.7 Å². The molecule has 5 N–H and O–H groups in total.